The number of anilines is 1. The maximum atomic E-state index is 5.67. The minimum absolute atomic E-state index is 0.203. The Morgan fingerprint density at radius 1 is 1.06 bits per heavy atom. The Labute approximate surface area is 101 Å². The fraction of sp³-hybridized carbons (Fsp3) is 0. The first-order valence-electron chi connectivity index (χ1n) is 5.01. The molecule has 8 heteroatoms. The van der Waals surface area contributed by atoms with Crippen molar-refractivity contribution in [3.63, 3.8) is 0 Å². The second-order valence-corrected chi connectivity index (χ2v) is 3.31. The van der Waals surface area contributed by atoms with Crippen LogP contribution in [-0.4, -0.2) is 30.1 Å². The Morgan fingerprint density at radius 2 is 1.94 bits per heavy atom. The Balaban J connectivity index is 2.03. The molecular weight excluding hydrogens is 234 g/mol. The van der Waals surface area contributed by atoms with Gasteiger partial charge < -0.3 is 10.3 Å². The standard InChI is InChI=1S/C10H7N7O/c11-8-7(13-3-4-14-8)10-16-9(17-18-10)6-1-2-12-5-15-6/h1-5H,(H2,11,14). The second kappa shape index (κ2) is 4.17. The van der Waals surface area contributed by atoms with Crippen molar-refractivity contribution in [2.75, 3.05) is 5.73 Å². The molecule has 0 atom stereocenters. The van der Waals surface area contributed by atoms with E-state index < -0.39 is 0 Å². The summed E-state index contributed by atoms with van der Waals surface area (Å²) < 4.78 is 5.08. The Kier molecular flexibility index (Phi) is 2.38. The highest BCUT2D eigenvalue weighted by Crippen LogP contribution is 2.21. The molecule has 0 unspecified atom stereocenters. The molecule has 0 aliphatic heterocycles. The number of aromatic nitrogens is 6. The molecule has 3 aromatic rings. The predicted octanol–water partition coefficient (Wildman–Crippen LogP) is 0.566. The van der Waals surface area contributed by atoms with Gasteiger partial charge in [0, 0.05) is 18.6 Å². The molecule has 0 saturated heterocycles. The van der Waals surface area contributed by atoms with E-state index in [9.17, 15) is 0 Å². The largest absolute Gasteiger partial charge is 0.382 e. The van der Waals surface area contributed by atoms with Crippen LogP contribution >= 0.6 is 0 Å². The fourth-order valence-electron chi connectivity index (χ4n) is 1.36. The molecule has 2 N–H and O–H groups in total. The Hall–Kier alpha value is -2.90. The van der Waals surface area contributed by atoms with Gasteiger partial charge in [-0.2, -0.15) is 4.98 Å². The van der Waals surface area contributed by atoms with Crippen molar-refractivity contribution in [3.05, 3.63) is 31.0 Å². The van der Waals surface area contributed by atoms with Crippen molar-refractivity contribution in [3.8, 4) is 23.1 Å². The molecule has 0 saturated carbocycles. The first kappa shape index (κ1) is 10.3. The van der Waals surface area contributed by atoms with E-state index in [4.69, 9.17) is 10.3 Å². The molecular formula is C10H7N7O. The van der Waals surface area contributed by atoms with Crippen molar-refractivity contribution >= 4 is 5.82 Å². The van der Waals surface area contributed by atoms with Crippen LogP contribution in [0.1, 0.15) is 0 Å². The average Bonchev–Trinajstić information content (AvgIpc) is 2.90. The molecule has 3 heterocycles. The molecule has 0 aliphatic carbocycles. The highest BCUT2D eigenvalue weighted by molar-refractivity contribution is 5.63. The van der Waals surface area contributed by atoms with Crippen LogP contribution in [0.4, 0.5) is 5.82 Å². The summed E-state index contributed by atoms with van der Waals surface area (Å²) in [5.74, 6) is 0.780. The van der Waals surface area contributed by atoms with Crippen molar-refractivity contribution in [1.82, 2.24) is 30.1 Å². The summed E-state index contributed by atoms with van der Waals surface area (Å²) in [6, 6.07) is 1.68. The summed E-state index contributed by atoms with van der Waals surface area (Å²) in [4.78, 5) is 19.9. The molecule has 0 bridgehead atoms. The number of hydrogen-bond donors (Lipinski definition) is 1. The summed E-state index contributed by atoms with van der Waals surface area (Å²) in [6.45, 7) is 0. The highest BCUT2D eigenvalue weighted by atomic mass is 16.5. The number of nitrogens with two attached hydrogens (primary N) is 1. The Bertz CT molecular complexity index is 667. The van der Waals surface area contributed by atoms with Crippen LogP contribution in [-0.2, 0) is 0 Å². The molecule has 0 amide bonds. The van der Waals surface area contributed by atoms with Gasteiger partial charge in [0.25, 0.3) is 5.89 Å². The van der Waals surface area contributed by atoms with Crippen LogP contribution in [0.5, 0.6) is 0 Å². The van der Waals surface area contributed by atoms with Crippen molar-refractivity contribution in [2.45, 2.75) is 0 Å². The number of rotatable bonds is 2. The van der Waals surface area contributed by atoms with E-state index in [2.05, 4.69) is 30.1 Å². The maximum Gasteiger partial charge on any atom is 0.280 e. The maximum absolute atomic E-state index is 5.67. The zero-order valence-electron chi connectivity index (χ0n) is 9.06. The van der Waals surface area contributed by atoms with Crippen LogP contribution < -0.4 is 5.73 Å². The molecule has 0 fully saturated rings. The summed E-state index contributed by atoms with van der Waals surface area (Å²) in [6.07, 6.45) is 5.98. The van der Waals surface area contributed by atoms with Gasteiger partial charge in [-0.25, -0.2) is 19.9 Å². The minimum atomic E-state index is 0.203. The normalized spacial score (nSPS) is 10.4. The van der Waals surface area contributed by atoms with Crippen LogP contribution in [0.2, 0.25) is 0 Å². The van der Waals surface area contributed by atoms with E-state index in [-0.39, 0.29) is 11.7 Å². The molecule has 0 radical (unpaired) electrons. The fourth-order valence-corrected chi connectivity index (χ4v) is 1.36. The van der Waals surface area contributed by atoms with Gasteiger partial charge in [-0.3, -0.25) is 0 Å². The highest BCUT2D eigenvalue weighted by Gasteiger charge is 2.15. The first-order chi connectivity index (χ1) is 8.84. The molecule has 0 spiro atoms. The second-order valence-electron chi connectivity index (χ2n) is 3.31. The summed E-state index contributed by atoms with van der Waals surface area (Å²) in [5, 5.41) is 3.80. The van der Waals surface area contributed by atoms with E-state index in [0.29, 0.717) is 17.2 Å². The van der Waals surface area contributed by atoms with E-state index >= 15 is 0 Å². The van der Waals surface area contributed by atoms with E-state index in [1.807, 2.05) is 0 Å². The Morgan fingerprint density at radius 3 is 2.72 bits per heavy atom. The van der Waals surface area contributed by atoms with E-state index in [1.54, 1.807) is 12.3 Å². The molecule has 3 rings (SSSR count). The van der Waals surface area contributed by atoms with E-state index in [0.717, 1.165) is 0 Å². The molecule has 0 aromatic carbocycles. The number of hydrogen-bond acceptors (Lipinski definition) is 8. The van der Waals surface area contributed by atoms with E-state index in [1.165, 1.54) is 18.7 Å². The van der Waals surface area contributed by atoms with Gasteiger partial charge in [0.2, 0.25) is 5.82 Å². The molecule has 18 heavy (non-hydrogen) atoms. The quantitative estimate of drug-likeness (QED) is 0.691. The SMILES string of the molecule is Nc1nccnc1-c1nc(-c2ccncn2)no1. The van der Waals surface area contributed by atoms with Gasteiger partial charge in [-0.15, -0.1) is 0 Å². The van der Waals surface area contributed by atoms with Crippen molar-refractivity contribution < 1.29 is 4.52 Å². The van der Waals surface area contributed by atoms with Crippen LogP contribution in [0, 0.1) is 0 Å². The lowest BCUT2D eigenvalue weighted by Crippen LogP contribution is -1.96. The third-order valence-corrected chi connectivity index (χ3v) is 2.17. The van der Waals surface area contributed by atoms with Crippen LogP contribution in [0.25, 0.3) is 23.1 Å². The van der Waals surface area contributed by atoms with Gasteiger partial charge in [-0.1, -0.05) is 5.16 Å². The lowest BCUT2D eigenvalue weighted by Gasteiger charge is -1.95. The van der Waals surface area contributed by atoms with Gasteiger partial charge in [-0.05, 0) is 6.07 Å². The zero-order valence-corrected chi connectivity index (χ0v) is 9.06. The third-order valence-electron chi connectivity index (χ3n) is 2.17. The first-order valence-corrected chi connectivity index (χ1v) is 5.01. The molecule has 8 nitrogen and oxygen atoms in total. The summed E-state index contributed by atoms with van der Waals surface area (Å²) in [5.41, 5.74) is 6.58. The van der Waals surface area contributed by atoms with Gasteiger partial charge >= 0.3 is 0 Å². The monoisotopic (exact) mass is 241 g/mol. The van der Waals surface area contributed by atoms with Crippen molar-refractivity contribution in [2.24, 2.45) is 0 Å². The lowest BCUT2D eigenvalue weighted by atomic mass is 10.4. The summed E-state index contributed by atoms with van der Waals surface area (Å²) in [7, 11) is 0. The van der Waals surface area contributed by atoms with Crippen LogP contribution in [0.15, 0.2) is 35.5 Å². The van der Waals surface area contributed by atoms with Gasteiger partial charge in [0.05, 0.1) is 0 Å². The van der Waals surface area contributed by atoms with Gasteiger partial charge in [0.15, 0.2) is 11.5 Å². The minimum Gasteiger partial charge on any atom is -0.382 e. The smallest absolute Gasteiger partial charge is 0.280 e. The summed E-state index contributed by atoms with van der Waals surface area (Å²) >= 11 is 0. The zero-order chi connectivity index (χ0) is 12.4. The van der Waals surface area contributed by atoms with Crippen molar-refractivity contribution in [1.29, 1.82) is 0 Å². The topological polar surface area (TPSA) is 116 Å². The molecule has 3 aromatic heterocycles. The average molecular weight is 241 g/mol. The molecule has 88 valence electrons. The van der Waals surface area contributed by atoms with Gasteiger partial charge in [0.1, 0.15) is 12.0 Å². The van der Waals surface area contributed by atoms with Crippen LogP contribution in [0.3, 0.4) is 0 Å². The number of nitrogen functional groups attached to an aromatic ring is 1. The molecule has 0 aliphatic rings. The number of nitrogens with zero attached hydrogens (tertiary/aromatic N) is 6. The lowest BCUT2D eigenvalue weighted by molar-refractivity contribution is 0.431. The predicted molar refractivity (Wildman–Crippen MR) is 60.8 cm³/mol. The third kappa shape index (κ3) is 1.75.